The minimum absolute atomic E-state index is 0.0668. The van der Waals surface area contributed by atoms with E-state index in [1.807, 2.05) is 0 Å². The molecule has 0 bridgehead atoms. The van der Waals surface area contributed by atoms with Crippen LogP contribution < -0.4 is 21.0 Å². The van der Waals surface area contributed by atoms with E-state index in [1.165, 1.54) is 19.1 Å². The lowest BCUT2D eigenvalue weighted by molar-refractivity contribution is -0.149. The molecule has 1 aromatic carbocycles. The lowest BCUT2D eigenvalue weighted by Crippen LogP contribution is -2.47. The van der Waals surface area contributed by atoms with Crippen molar-refractivity contribution in [1.29, 1.82) is 0 Å². The second-order valence-electron chi connectivity index (χ2n) is 8.73. The number of halogens is 3. The van der Waals surface area contributed by atoms with Gasteiger partial charge in [-0.1, -0.05) is 18.2 Å². The number of nitrogens with one attached hydrogen (secondary N) is 1. The van der Waals surface area contributed by atoms with Gasteiger partial charge in [0.2, 0.25) is 5.67 Å². The van der Waals surface area contributed by atoms with Crippen LogP contribution in [-0.2, 0) is 23.4 Å². The van der Waals surface area contributed by atoms with Crippen LogP contribution in [0.15, 0.2) is 41.3 Å². The number of carbonyl (C=O) groups excluding carboxylic acids is 1. The summed E-state index contributed by atoms with van der Waals surface area (Å²) in [6.07, 6.45) is -6.18. The average Bonchev–Trinajstić information content (AvgIpc) is 3.10. The number of benzene rings is 1. The maximum atomic E-state index is 15.5. The molecular weight excluding hydrogens is 536 g/mol. The zero-order chi connectivity index (χ0) is 28.3. The van der Waals surface area contributed by atoms with Crippen LogP contribution in [0.25, 0.3) is 0 Å². The largest absolute Gasteiger partial charge is 0.462 e. The molecule has 210 valence electrons. The van der Waals surface area contributed by atoms with Gasteiger partial charge >= 0.3 is 19.4 Å². The average molecular weight is 564 g/mol. The van der Waals surface area contributed by atoms with E-state index < -0.39 is 80.6 Å². The molecule has 16 heteroatoms. The normalized spacial score (nSPS) is 25.6. The standard InChI is InChI=1S/C22H28F3N4O8P/c1-12(2)35-19(31)13(3)28-38(33,37-14-7-5-4-6-8-14)34-10-16-17(30)22(25,11-23)20(36-16)29-9-15(24)18(26)27-21(29)32/h4-9,12-13,16-17,20,30H,10-11H2,1-3H3,(H,28,33)(H2,26,27,32)/t13-,16+,17?,20+,22+,38?/m0/s1. The Morgan fingerprint density at radius 2 is 2.00 bits per heavy atom. The van der Waals surface area contributed by atoms with Crippen LogP contribution in [0.4, 0.5) is 19.0 Å². The molecule has 1 aliphatic rings. The Hall–Kier alpha value is -2.97. The number of nitrogen functional groups attached to an aromatic ring is 1. The van der Waals surface area contributed by atoms with Gasteiger partial charge in [-0.05, 0) is 32.9 Å². The lowest BCUT2D eigenvalue weighted by Gasteiger charge is -2.26. The van der Waals surface area contributed by atoms with E-state index >= 15 is 4.39 Å². The van der Waals surface area contributed by atoms with Crippen molar-refractivity contribution in [3.05, 3.63) is 52.8 Å². The Morgan fingerprint density at radius 1 is 1.34 bits per heavy atom. The summed E-state index contributed by atoms with van der Waals surface area (Å²) < 4.78 is 78.3. The third-order valence-electron chi connectivity index (χ3n) is 5.38. The van der Waals surface area contributed by atoms with Gasteiger partial charge in [0.1, 0.15) is 30.7 Å². The summed E-state index contributed by atoms with van der Waals surface area (Å²) in [6, 6.07) is 6.48. The minimum Gasteiger partial charge on any atom is -0.462 e. The molecule has 0 spiro atoms. The molecule has 1 aromatic heterocycles. The number of aliphatic hydroxyl groups excluding tert-OH is 1. The molecule has 0 amide bonds. The smallest absolute Gasteiger partial charge is 0.459 e. The molecule has 1 saturated heterocycles. The van der Waals surface area contributed by atoms with E-state index in [2.05, 4.69) is 10.1 Å². The van der Waals surface area contributed by atoms with Crippen molar-refractivity contribution in [2.24, 2.45) is 0 Å². The molecule has 0 saturated carbocycles. The Balaban J connectivity index is 1.84. The van der Waals surface area contributed by atoms with Gasteiger partial charge in [-0.3, -0.25) is 13.9 Å². The number of hydrogen-bond acceptors (Lipinski definition) is 10. The molecule has 6 atom stereocenters. The Bertz CT molecular complexity index is 1240. The van der Waals surface area contributed by atoms with E-state index in [-0.39, 0.29) is 5.75 Å². The van der Waals surface area contributed by atoms with Crippen LogP contribution in [0.3, 0.4) is 0 Å². The monoisotopic (exact) mass is 564 g/mol. The Morgan fingerprint density at radius 3 is 2.61 bits per heavy atom. The number of ether oxygens (including phenoxy) is 2. The van der Waals surface area contributed by atoms with E-state index in [1.54, 1.807) is 32.0 Å². The maximum Gasteiger partial charge on any atom is 0.459 e. The highest BCUT2D eigenvalue weighted by Crippen LogP contribution is 2.47. The van der Waals surface area contributed by atoms with Crippen molar-refractivity contribution in [1.82, 2.24) is 14.6 Å². The first-order valence-electron chi connectivity index (χ1n) is 11.4. The quantitative estimate of drug-likeness (QED) is 0.270. The van der Waals surface area contributed by atoms with Crippen molar-refractivity contribution in [3.8, 4) is 5.75 Å². The van der Waals surface area contributed by atoms with Gasteiger partial charge < -0.3 is 24.8 Å². The highest BCUT2D eigenvalue weighted by molar-refractivity contribution is 7.52. The van der Waals surface area contributed by atoms with Gasteiger partial charge in [0.25, 0.3) is 0 Å². The summed E-state index contributed by atoms with van der Waals surface area (Å²) in [5, 5.41) is 12.9. The van der Waals surface area contributed by atoms with Crippen molar-refractivity contribution >= 4 is 19.5 Å². The number of rotatable bonds is 11. The first-order chi connectivity index (χ1) is 17.8. The van der Waals surface area contributed by atoms with Crippen LogP contribution in [0, 0.1) is 5.82 Å². The van der Waals surface area contributed by atoms with Crippen LogP contribution >= 0.6 is 7.75 Å². The first-order valence-corrected chi connectivity index (χ1v) is 12.9. The number of nitrogens with zero attached hydrogens (tertiary/aromatic N) is 2. The van der Waals surface area contributed by atoms with Crippen LogP contribution in [-0.4, -0.2) is 63.9 Å². The molecule has 1 fully saturated rings. The Kier molecular flexibility index (Phi) is 9.21. The molecule has 3 rings (SSSR count). The molecule has 0 aliphatic carbocycles. The van der Waals surface area contributed by atoms with E-state index in [0.29, 0.717) is 10.8 Å². The third-order valence-corrected chi connectivity index (χ3v) is 7.03. The fourth-order valence-corrected chi connectivity index (χ4v) is 5.01. The fourth-order valence-electron chi connectivity index (χ4n) is 3.51. The van der Waals surface area contributed by atoms with Gasteiger partial charge in [-0.15, -0.1) is 0 Å². The van der Waals surface area contributed by atoms with E-state index in [4.69, 9.17) is 24.3 Å². The SMILES string of the molecule is CC(C)OC(=O)[C@H](C)NP(=O)(OC[C@H]1O[C@@H](n2cc(F)c(N)nc2=O)[C@@](F)(CF)C1O)Oc1ccccc1. The summed E-state index contributed by atoms with van der Waals surface area (Å²) >= 11 is 0. The second-order valence-corrected chi connectivity index (χ2v) is 10.4. The van der Waals surface area contributed by atoms with Gasteiger partial charge in [-0.25, -0.2) is 22.5 Å². The van der Waals surface area contributed by atoms with Crippen molar-refractivity contribution < 1.29 is 46.2 Å². The van der Waals surface area contributed by atoms with E-state index in [0.717, 1.165) is 0 Å². The molecule has 2 aromatic rings. The van der Waals surface area contributed by atoms with Gasteiger partial charge in [0.15, 0.2) is 17.9 Å². The summed E-state index contributed by atoms with van der Waals surface area (Å²) in [6.45, 7) is 1.83. The van der Waals surface area contributed by atoms with Crippen molar-refractivity contribution in [3.63, 3.8) is 0 Å². The highest BCUT2D eigenvalue weighted by Gasteiger charge is 2.59. The lowest BCUT2D eigenvalue weighted by atomic mass is 9.97. The van der Waals surface area contributed by atoms with Crippen LogP contribution in [0.5, 0.6) is 5.75 Å². The molecular formula is C22H28F3N4O8P. The van der Waals surface area contributed by atoms with Crippen molar-refractivity contribution in [2.75, 3.05) is 19.0 Å². The number of alkyl halides is 2. The number of anilines is 1. The first kappa shape index (κ1) is 29.6. The Labute approximate surface area is 215 Å². The van der Waals surface area contributed by atoms with E-state index in [9.17, 15) is 28.0 Å². The number of hydrogen-bond donors (Lipinski definition) is 3. The molecule has 4 N–H and O–H groups in total. The zero-order valence-corrected chi connectivity index (χ0v) is 21.5. The minimum atomic E-state index is -4.46. The number of carbonyl (C=O) groups is 1. The molecule has 0 radical (unpaired) electrons. The van der Waals surface area contributed by atoms with Crippen LogP contribution in [0.1, 0.15) is 27.0 Å². The summed E-state index contributed by atoms with van der Waals surface area (Å²) in [7, 11) is -4.46. The maximum absolute atomic E-state index is 15.5. The summed E-state index contributed by atoms with van der Waals surface area (Å²) in [5.41, 5.74) is 0.717. The van der Waals surface area contributed by atoms with Crippen LogP contribution in [0.2, 0.25) is 0 Å². The summed E-state index contributed by atoms with van der Waals surface area (Å²) in [4.78, 5) is 27.6. The predicted molar refractivity (Wildman–Crippen MR) is 127 cm³/mol. The topological polar surface area (TPSA) is 164 Å². The van der Waals surface area contributed by atoms with Crippen molar-refractivity contribution in [2.45, 2.75) is 57.0 Å². The van der Waals surface area contributed by atoms with Gasteiger partial charge in [0, 0.05) is 0 Å². The number of nitrogens with two attached hydrogens (primary N) is 1. The molecule has 2 unspecified atom stereocenters. The molecule has 1 aliphatic heterocycles. The number of esters is 1. The molecule has 2 heterocycles. The second kappa shape index (κ2) is 11.8. The number of aliphatic hydroxyl groups is 1. The number of para-hydroxylation sites is 1. The van der Waals surface area contributed by atoms with Gasteiger partial charge in [0.05, 0.1) is 18.9 Å². The third kappa shape index (κ3) is 6.53. The predicted octanol–water partition coefficient (Wildman–Crippen LogP) is 2.03. The zero-order valence-electron chi connectivity index (χ0n) is 20.6. The molecule has 38 heavy (non-hydrogen) atoms. The fraction of sp³-hybridized carbons (Fsp3) is 0.500. The number of aromatic nitrogens is 2. The van der Waals surface area contributed by atoms with Gasteiger partial charge in [-0.2, -0.15) is 10.1 Å². The highest BCUT2D eigenvalue weighted by atomic mass is 31.2. The molecule has 12 nitrogen and oxygen atoms in total. The summed E-state index contributed by atoms with van der Waals surface area (Å²) in [5.74, 6) is -2.70.